The fourth-order valence-corrected chi connectivity index (χ4v) is 2.74. The molecule has 1 aromatic heterocycles. The van der Waals surface area contributed by atoms with Crippen molar-refractivity contribution in [3.8, 4) is 0 Å². The highest BCUT2D eigenvalue weighted by Gasteiger charge is 2.27. The van der Waals surface area contributed by atoms with Crippen LogP contribution in [-0.2, 0) is 0 Å². The summed E-state index contributed by atoms with van der Waals surface area (Å²) in [5.41, 5.74) is 0.957. The molecule has 1 N–H and O–H groups in total. The van der Waals surface area contributed by atoms with Gasteiger partial charge in [0, 0.05) is 5.39 Å². The van der Waals surface area contributed by atoms with E-state index in [9.17, 15) is 0 Å². The van der Waals surface area contributed by atoms with E-state index in [0.29, 0.717) is 6.04 Å². The van der Waals surface area contributed by atoms with Crippen LogP contribution in [0.1, 0.15) is 31.1 Å². The van der Waals surface area contributed by atoms with E-state index in [4.69, 9.17) is 4.42 Å². The summed E-state index contributed by atoms with van der Waals surface area (Å²) in [4.78, 5) is 0. The lowest BCUT2D eigenvalue weighted by Gasteiger charge is -2.12. The number of furan rings is 1. The summed E-state index contributed by atoms with van der Waals surface area (Å²) in [6, 6.07) is 8.66. The van der Waals surface area contributed by atoms with Crippen molar-refractivity contribution < 1.29 is 4.42 Å². The van der Waals surface area contributed by atoms with Crippen LogP contribution < -0.4 is 5.32 Å². The summed E-state index contributed by atoms with van der Waals surface area (Å²) in [6.07, 6.45) is 3.94. The van der Waals surface area contributed by atoms with Crippen LogP contribution >= 0.6 is 15.9 Å². The molecule has 1 aliphatic carbocycles. The second-order valence-electron chi connectivity index (χ2n) is 4.83. The number of nitrogens with one attached hydrogen (secondary N) is 1. The third kappa shape index (κ3) is 2.26. The van der Waals surface area contributed by atoms with Crippen LogP contribution in [0.2, 0.25) is 0 Å². The molecule has 0 spiro atoms. The van der Waals surface area contributed by atoms with Gasteiger partial charge < -0.3 is 9.73 Å². The van der Waals surface area contributed by atoms with Crippen molar-refractivity contribution in [2.45, 2.75) is 25.3 Å². The minimum Gasteiger partial charge on any atom is -0.458 e. The standard InChI is InChI=1S/C14H16BrNO/c1-16-12(7-9-5-6-9)13-8-10-3-2-4-11(15)14(10)17-13/h2-4,8-9,12,16H,5-7H2,1H3. The SMILES string of the molecule is CNC(CC1CC1)c1cc2cccc(Br)c2o1. The van der Waals surface area contributed by atoms with E-state index >= 15 is 0 Å². The molecule has 2 nitrogen and oxygen atoms in total. The normalized spacial score (nSPS) is 17.5. The Hall–Kier alpha value is -0.800. The van der Waals surface area contributed by atoms with Crippen molar-refractivity contribution >= 4 is 26.9 Å². The maximum atomic E-state index is 5.97. The maximum Gasteiger partial charge on any atom is 0.148 e. The molecule has 0 amide bonds. The zero-order valence-corrected chi connectivity index (χ0v) is 11.5. The van der Waals surface area contributed by atoms with E-state index in [1.807, 2.05) is 19.2 Å². The van der Waals surface area contributed by atoms with E-state index in [1.54, 1.807) is 0 Å². The molecule has 1 atom stereocenters. The Bertz CT molecular complexity index is 530. The summed E-state index contributed by atoms with van der Waals surface area (Å²) in [7, 11) is 2.01. The van der Waals surface area contributed by atoms with E-state index in [0.717, 1.165) is 21.7 Å². The van der Waals surface area contributed by atoms with Gasteiger partial charge in [-0.1, -0.05) is 25.0 Å². The minimum absolute atomic E-state index is 0.349. The molecule has 0 bridgehead atoms. The average molecular weight is 294 g/mol. The molecule has 3 rings (SSSR count). The molecule has 0 aliphatic heterocycles. The maximum absolute atomic E-state index is 5.97. The van der Waals surface area contributed by atoms with Gasteiger partial charge in [-0.3, -0.25) is 0 Å². The van der Waals surface area contributed by atoms with Crippen LogP contribution in [0.5, 0.6) is 0 Å². The van der Waals surface area contributed by atoms with Crippen LogP contribution in [0.25, 0.3) is 11.0 Å². The topological polar surface area (TPSA) is 25.2 Å². The number of hydrogen-bond donors (Lipinski definition) is 1. The Morgan fingerprint density at radius 3 is 2.94 bits per heavy atom. The van der Waals surface area contributed by atoms with Crippen LogP contribution in [0, 0.1) is 5.92 Å². The van der Waals surface area contributed by atoms with E-state index < -0.39 is 0 Å². The number of halogens is 1. The predicted octanol–water partition coefficient (Wildman–Crippen LogP) is 4.26. The minimum atomic E-state index is 0.349. The summed E-state index contributed by atoms with van der Waals surface area (Å²) in [5.74, 6) is 1.95. The largest absolute Gasteiger partial charge is 0.458 e. The number of fused-ring (bicyclic) bond motifs is 1. The van der Waals surface area contributed by atoms with Crippen LogP contribution in [0.3, 0.4) is 0 Å². The zero-order chi connectivity index (χ0) is 11.8. The van der Waals surface area contributed by atoms with Gasteiger partial charge >= 0.3 is 0 Å². The molecule has 1 aromatic carbocycles. The van der Waals surface area contributed by atoms with E-state index in [-0.39, 0.29) is 0 Å². The number of rotatable bonds is 4. The molecule has 1 fully saturated rings. The van der Waals surface area contributed by atoms with E-state index in [2.05, 4.69) is 33.4 Å². The van der Waals surface area contributed by atoms with Crippen LogP contribution in [-0.4, -0.2) is 7.05 Å². The Labute approximate surface area is 110 Å². The van der Waals surface area contributed by atoms with Gasteiger partial charge in [0.05, 0.1) is 10.5 Å². The third-order valence-electron chi connectivity index (χ3n) is 3.47. The van der Waals surface area contributed by atoms with Gasteiger partial charge in [0.2, 0.25) is 0 Å². The van der Waals surface area contributed by atoms with Crippen LogP contribution in [0.15, 0.2) is 33.2 Å². The molecule has 1 heterocycles. The molecule has 0 saturated heterocycles. The lowest BCUT2D eigenvalue weighted by Crippen LogP contribution is -2.16. The van der Waals surface area contributed by atoms with Crippen LogP contribution in [0.4, 0.5) is 0 Å². The van der Waals surface area contributed by atoms with E-state index in [1.165, 1.54) is 24.6 Å². The van der Waals surface area contributed by atoms with Crippen molar-refractivity contribution in [1.29, 1.82) is 0 Å². The first-order chi connectivity index (χ1) is 8.28. The predicted molar refractivity (Wildman–Crippen MR) is 73.1 cm³/mol. The highest BCUT2D eigenvalue weighted by atomic mass is 79.9. The fourth-order valence-electron chi connectivity index (χ4n) is 2.28. The fraction of sp³-hybridized carbons (Fsp3) is 0.429. The Morgan fingerprint density at radius 1 is 1.47 bits per heavy atom. The molecule has 2 aromatic rings. The van der Waals surface area contributed by atoms with Crippen molar-refractivity contribution in [3.63, 3.8) is 0 Å². The smallest absolute Gasteiger partial charge is 0.148 e. The second-order valence-corrected chi connectivity index (χ2v) is 5.68. The lowest BCUT2D eigenvalue weighted by molar-refractivity contribution is 0.417. The summed E-state index contributed by atoms with van der Waals surface area (Å²) in [5, 5.41) is 4.53. The summed E-state index contributed by atoms with van der Waals surface area (Å²) >= 11 is 3.53. The van der Waals surface area contributed by atoms with Gasteiger partial charge in [-0.2, -0.15) is 0 Å². The Balaban J connectivity index is 1.95. The van der Waals surface area contributed by atoms with Gasteiger partial charge in [-0.15, -0.1) is 0 Å². The zero-order valence-electron chi connectivity index (χ0n) is 9.87. The number of hydrogen-bond acceptors (Lipinski definition) is 2. The van der Waals surface area contributed by atoms with Gasteiger partial charge in [0.15, 0.2) is 0 Å². The third-order valence-corrected chi connectivity index (χ3v) is 4.10. The first-order valence-corrected chi connectivity index (χ1v) is 6.92. The quantitative estimate of drug-likeness (QED) is 0.911. The van der Waals surface area contributed by atoms with Gasteiger partial charge in [-0.05, 0) is 47.4 Å². The molecule has 90 valence electrons. The highest BCUT2D eigenvalue weighted by Crippen LogP contribution is 2.39. The van der Waals surface area contributed by atoms with Gasteiger partial charge in [-0.25, -0.2) is 0 Å². The first kappa shape index (κ1) is 11.3. The molecule has 1 unspecified atom stereocenters. The van der Waals surface area contributed by atoms with Gasteiger partial charge in [0.25, 0.3) is 0 Å². The molecular formula is C14H16BrNO. The van der Waals surface area contributed by atoms with Crippen molar-refractivity contribution in [2.24, 2.45) is 5.92 Å². The molecule has 0 radical (unpaired) electrons. The number of para-hydroxylation sites is 1. The first-order valence-electron chi connectivity index (χ1n) is 6.13. The van der Waals surface area contributed by atoms with Crippen molar-refractivity contribution in [2.75, 3.05) is 7.05 Å². The second kappa shape index (κ2) is 4.46. The number of benzene rings is 1. The highest BCUT2D eigenvalue weighted by molar-refractivity contribution is 9.10. The summed E-state index contributed by atoms with van der Waals surface area (Å²) < 4.78 is 7.00. The molecule has 1 saturated carbocycles. The molecule has 1 aliphatic rings. The average Bonchev–Trinajstić information content (AvgIpc) is 3.04. The summed E-state index contributed by atoms with van der Waals surface area (Å²) in [6.45, 7) is 0. The lowest BCUT2D eigenvalue weighted by atomic mass is 10.1. The molecule has 3 heteroatoms. The van der Waals surface area contributed by atoms with Crippen molar-refractivity contribution in [3.05, 3.63) is 34.5 Å². The van der Waals surface area contributed by atoms with Gasteiger partial charge in [0.1, 0.15) is 11.3 Å². The molecular weight excluding hydrogens is 278 g/mol. The Morgan fingerprint density at radius 2 is 2.29 bits per heavy atom. The van der Waals surface area contributed by atoms with Crippen molar-refractivity contribution in [1.82, 2.24) is 5.32 Å². The monoisotopic (exact) mass is 293 g/mol. The molecule has 17 heavy (non-hydrogen) atoms. The Kier molecular flexibility index (Phi) is 2.97.